The SMILES string of the molecule is CSc1ccc(C(NCCc2ccncc2)C(=O)NCCc2ccncc2)cc1. The van der Waals surface area contributed by atoms with E-state index in [-0.39, 0.29) is 11.9 Å². The van der Waals surface area contributed by atoms with Crippen LogP contribution in [0.15, 0.2) is 78.2 Å². The van der Waals surface area contributed by atoms with E-state index in [0.29, 0.717) is 13.1 Å². The van der Waals surface area contributed by atoms with E-state index >= 15 is 0 Å². The first-order valence-electron chi connectivity index (χ1n) is 9.69. The molecule has 2 aromatic heterocycles. The van der Waals surface area contributed by atoms with E-state index in [1.165, 1.54) is 10.5 Å². The Morgan fingerprint density at radius 3 is 1.97 bits per heavy atom. The van der Waals surface area contributed by atoms with Crippen molar-refractivity contribution in [3.8, 4) is 0 Å². The molecule has 1 amide bonds. The molecule has 1 aromatic carbocycles. The lowest BCUT2D eigenvalue weighted by Gasteiger charge is -2.19. The lowest BCUT2D eigenvalue weighted by molar-refractivity contribution is -0.123. The smallest absolute Gasteiger partial charge is 0.241 e. The van der Waals surface area contributed by atoms with Crippen molar-refractivity contribution in [3.05, 3.63) is 90.0 Å². The molecule has 1 unspecified atom stereocenters. The summed E-state index contributed by atoms with van der Waals surface area (Å²) in [4.78, 5) is 22.2. The number of carbonyl (C=O) groups excluding carboxylic acids is 1. The van der Waals surface area contributed by atoms with Gasteiger partial charge >= 0.3 is 0 Å². The molecular formula is C23H26N4OS. The van der Waals surface area contributed by atoms with E-state index in [1.54, 1.807) is 36.5 Å². The van der Waals surface area contributed by atoms with Gasteiger partial charge in [0.25, 0.3) is 0 Å². The minimum atomic E-state index is -0.384. The molecule has 1 atom stereocenters. The second-order valence-electron chi connectivity index (χ2n) is 6.66. The number of hydrogen-bond acceptors (Lipinski definition) is 5. The van der Waals surface area contributed by atoms with Gasteiger partial charge in [0.05, 0.1) is 0 Å². The molecule has 0 spiro atoms. The minimum Gasteiger partial charge on any atom is -0.354 e. The highest BCUT2D eigenvalue weighted by molar-refractivity contribution is 7.98. The van der Waals surface area contributed by atoms with Crippen molar-refractivity contribution in [3.63, 3.8) is 0 Å². The first kappa shape index (κ1) is 21.0. The molecule has 3 rings (SSSR count). The summed E-state index contributed by atoms with van der Waals surface area (Å²) in [6.07, 6.45) is 10.8. The van der Waals surface area contributed by atoms with Gasteiger partial charge in [0.1, 0.15) is 6.04 Å². The zero-order valence-corrected chi connectivity index (χ0v) is 17.4. The standard InChI is InChI=1S/C23H26N4OS/c1-29-21-4-2-20(3-5-21)22(26-16-10-18-6-12-24-13-7-18)23(28)27-17-11-19-8-14-25-15-9-19/h2-9,12-15,22,26H,10-11,16-17H2,1H3,(H,27,28). The number of nitrogens with zero attached hydrogens (tertiary/aromatic N) is 2. The number of aromatic nitrogens is 2. The molecule has 0 bridgehead atoms. The molecule has 6 heteroatoms. The van der Waals surface area contributed by atoms with Crippen LogP contribution in [-0.4, -0.2) is 35.2 Å². The normalized spacial score (nSPS) is 11.8. The Kier molecular flexibility index (Phi) is 8.22. The number of hydrogen-bond donors (Lipinski definition) is 2. The van der Waals surface area contributed by atoms with Crippen molar-refractivity contribution in [1.29, 1.82) is 0 Å². The second kappa shape index (κ2) is 11.3. The van der Waals surface area contributed by atoms with Crippen LogP contribution in [0, 0.1) is 0 Å². The quantitative estimate of drug-likeness (QED) is 0.505. The van der Waals surface area contributed by atoms with Gasteiger partial charge in [0.2, 0.25) is 5.91 Å². The molecule has 0 radical (unpaired) electrons. The molecule has 2 heterocycles. The van der Waals surface area contributed by atoms with E-state index < -0.39 is 0 Å². The molecule has 3 aromatic rings. The van der Waals surface area contributed by atoms with Gasteiger partial charge in [0, 0.05) is 42.8 Å². The molecule has 150 valence electrons. The molecule has 0 aliphatic heterocycles. The number of thioether (sulfide) groups is 1. The summed E-state index contributed by atoms with van der Waals surface area (Å²) in [6.45, 7) is 1.30. The van der Waals surface area contributed by atoms with Gasteiger partial charge < -0.3 is 10.6 Å². The number of carbonyl (C=O) groups is 1. The van der Waals surface area contributed by atoms with Gasteiger partial charge in [-0.05, 0) is 72.2 Å². The van der Waals surface area contributed by atoms with Crippen LogP contribution in [0.1, 0.15) is 22.7 Å². The lowest BCUT2D eigenvalue weighted by Crippen LogP contribution is -2.39. The minimum absolute atomic E-state index is 0.00862. The van der Waals surface area contributed by atoms with Crippen LogP contribution in [0.5, 0.6) is 0 Å². The Balaban J connectivity index is 1.61. The molecule has 2 N–H and O–H groups in total. The van der Waals surface area contributed by atoms with Crippen LogP contribution in [-0.2, 0) is 17.6 Å². The topological polar surface area (TPSA) is 66.9 Å². The predicted octanol–water partition coefficient (Wildman–Crippen LogP) is 3.43. The lowest BCUT2D eigenvalue weighted by atomic mass is 10.1. The Labute approximate surface area is 176 Å². The Morgan fingerprint density at radius 2 is 1.41 bits per heavy atom. The van der Waals surface area contributed by atoms with Crippen LogP contribution >= 0.6 is 11.8 Å². The molecule has 0 saturated carbocycles. The van der Waals surface area contributed by atoms with Crippen molar-refractivity contribution in [2.45, 2.75) is 23.8 Å². The summed E-state index contributed by atoms with van der Waals surface area (Å²) in [5.41, 5.74) is 3.33. The molecule has 0 saturated heterocycles. The Morgan fingerprint density at radius 1 is 0.862 bits per heavy atom. The summed E-state index contributed by atoms with van der Waals surface area (Å²) in [5, 5.41) is 6.49. The van der Waals surface area contributed by atoms with Crippen molar-refractivity contribution < 1.29 is 4.79 Å². The van der Waals surface area contributed by atoms with Crippen molar-refractivity contribution in [1.82, 2.24) is 20.6 Å². The summed E-state index contributed by atoms with van der Waals surface area (Å²) in [7, 11) is 0. The van der Waals surface area contributed by atoms with Crippen LogP contribution in [0.2, 0.25) is 0 Å². The highest BCUT2D eigenvalue weighted by Gasteiger charge is 2.19. The maximum absolute atomic E-state index is 12.9. The molecule has 0 aliphatic carbocycles. The molecular weight excluding hydrogens is 380 g/mol. The highest BCUT2D eigenvalue weighted by Crippen LogP contribution is 2.19. The Bertz CT molecular complexity index is 872. The fraction of sp³-hybridized carbons (Fsp3) is 0.261. The van der Waals surface area contributed by atoms with E-state index in [0.717, 1.165) is 24.0 Å². The zero-order chi connectivity index (χ0) is 20.3. The van der Waals surface area contributed by atoms with E-state index in [4.69, 9.17) is 0 Å². The van der Waals surface area contributed by atoms with Crippen molar-refractivity contribution >= 4 is 17.7 Å². The largest absolute Gasteiger partial charge is 0.354 e. The third-order valence-electron chi connectivity index (χ3n) is 4.69. The number of nitrogens with one attached hydrogen (secondary N) is 2. The van der Waals surface area contributed by atoms with Crippen LogP contribution in [0.4, 0.5) is 0 Å². The summed E-state index contributed by atoms with van der Waals surface area (Å²) < 4.78 is 0. The average molecular weight is 407 g/mol. The van der Waals surface area contributed by atoms with Gasteiger partial charge in [-0.25, -0.2) is 0 Å². The predicted molar refractivity (Wildman–Crippen MR) is 118 cm³/mol. The number of benzene rings is 1. The number of rotatable bonds is 10. The maximum Gasteiger partial charge on any atom is 0.241 e. The third-order valence-corrected chi connectivity index (χ3v) is 5.43. The van der Waals surface area contributed by atoms with Crippen LogP contribution < -0.4 is 10.6 Å². The van der Waals surface area contributed by atoms with E-state index in [2.05, 4.69) is 32.7 Å². The van der Waals surface area contributed by atoms with Crippen LogP contribution in [0.25, 0.3) is 0 Å². The van der Waals surface area contributed by atoms with Gasteiger partial charge in [-0.3, -0.25) is 14.8 Å². The molecule has 0 aliphatic rings. The van der Waals surface area contributed by atoms with Gasteiger partial charge in [-0.1, -0.05) is 12.1 Å². The average Bonchev–Trinajstić information content (AvgIpc) is 2.78. The fourth-order valence-corrected chi connectivity index (χ4v) is 3.46. The highest BCUT2D eigenvalue weighted by atomic mass is 32.2. The van der Waals surface area contributed by atoms with Crippen molar-refractivity contribution in [2.24, 2.45) is 0 Å². The zero-order valence-electron chi connectivity index (χ0n) is 16.5. The van der Waals surface area contributed by atoms with Gasteiger partial charge in [0.15, 0.2) is 0 Å². The number of amides is 1. The maximum atomic E-state index is 12.9. The first-order chi connectivity index (χ1) is 14.3. The van der Waals surface area contributed by atoms with E-state index in [1.807, 2.05) is 42.7 Å². The van der Waals surface area contributed by atoms with Gasteiger partial charge in [-0.2, -0.15) is 0 Å². The third kappa shape index (κ3) is 6.69. The fourth-order valence-electron chi connectivity index (χ4n) is 3.05. The monoisotopic (exact) mass is 406 g/mol. The summed E-state index contributed by atoms with van der Waals surface area (Å²) in [5.74, 6) is -0.00862. The molecule has 0 fully saturated rings. The number of pyridine rings is 2. The first-order valence-corrected chi connectivity index (χ1v) is 10.9. The summed E-state index contributed by atoms with van der Waals surface area (Å²) >= 11 is 1.69. The van der Waals surface area contributed by atoms with Gasteiger partial charge in [-0.15, -0.1) is 11.8 Å². The van der Waals surface area contributed by atoms with Crippen molar-refractivity contribution in [2.75, 3.05) is 19.3 Å². The molecule has 5 nitrogen and oxygen atoms in total. The Hall–Kier alpha value is -2.70. The van der Waals surface area contributed by atoms with Crippen LogP contribution in [0.3, 0.4) is 0 Å². The molecule has 29 heavy (non-hydrogen) atoms. The van der Waals surface area contributed by atoms with E-state index in [9.17, 15) is 4.79 Å². The summed E-state index contributed by atoms with van der Waals surface area (Å²) in [6, 6.07) is 15.7. The second-order valence-corrected chi connectivity index (χ2v) is 7.54.